The van der Waals surface area contributed by atoms with E-state index >= 15 is 0 Å². The summed E-state index contributed by atoms with van der Waals surface area (Å²) < 4.78 is 5.17. The van der Waals surface area contributed by atoms with E-state index < -0.39 is 0 Å². The Balaban J connectivity index is 1.82. The molecule has 2 N–H and O–H groups in total. The van der Waals surface area contributed by atoms with Crippen LogP contribution in [0.5, 0.6) is 5.75 Å². The second-order valence-electron chi connectivity index (χ2n) is 5.36. The van der Waals surface area contributed by atoms with E-state index in [4.69, 9.17) is 10.5 Å². The molecule has 0 spiro atoms. The molecule has 0 aromatic heterocycles. The van der Waals surface area contributed by atoms with Crippen LogP contribution in [0, 0.1) is 0 Å². The molecule has 2 aromatic carbocycles. The Kier molecular flexibility index (Phi) is 5.64. The molecule has 112 valence electrons. The van der Waals surface area contributed by atoms with Crippen molar-refractivity contribution in [3.63, 3.8) is 0 Å². The summed E-state index contributed by atoms with van der Waals surface area (Å²) in [6, 6.07) is 18.7. The molecule has 0 aliphatic carbocycles. The zero-order chi connectivity index (χ0) is 15.1. The SMILES string of the molecule is COc1ccc(N(C)CC(N)CCc2ccccc2)cc1. The molecular weight excluding hydrogens is 260 g/mol. The van der Waals surface area contributed by atoms with E-state index in [-0.39, 0.29) is 6.04 Å². The van der Waals surface area contributed by atoms with Gasteiger partial charge < -0.3 is 15.4 Å². The van der Waals surface area contributed by atoms with E-state index in [2.05, 4.69) is 48.3 Å². The van der Waals surface area contributed by atoms with Gasteiger partial charge in [0.1, 0.15) is 5.75 Å². The molecule has 0 saturated carbocycles. The largest absolute Gasteiger partial charge is 0.497 e. The Morgan fingerprint density at radius 2 is 1.71 bits per heavy atom. The van der Waals surface area contributed by atoms with Crippen LogP contribution in [-0.4, -0.2) is 26.7 Å². The van der Waals surface area contributed by atoms with Crippen LogP contribution in [-0.2, 0) is 6.42 Å². The van der Waals surface area contributed by atoms with Gasteiger partial charge in [-0.3, -0.25) is 0 Å². The summed E-state index contributed by atoms with van der Waals surface area (Å²) in [6.07, 6.45) is 2.02. The van der Waals surface area contributed by atoms with Gasteiger partial charge in [-0.25, -0.2) is 0 Å². The van der Waals surface area contributed by atoms with Crippen molar-refractivity contribution in [3.8, 4) is 5.75 Å². The van der Waals surface area contributed by atoms with Crippen molar-refractivity contribution in [2.75, 3.05) is 25.6 Å². The van der Waals surface area contributed by atoms with Gasteiger partial charge in [0.2, 0.25) is 0 Å². The van der Waals surface area contributed by atoms with Crippen molar-refractivity contribution in [2.24, 2.45) is 5.73 Å². The van der Waals surface area contributed by atoms with Crippen molar-refractivity contribution in [3.05, 3.63) is 60.2 Å². The Labute approximate surface area is 127 Å². The first-order valence-corrected chi connectivity index (χ1v) is 7.33. The lowest BCUT2D eigenvalue weighted by atomic mass is 10.1. The fraction of sp³-hybridized carbons (Fsp3) is 0.333. The number of likely N-dealkylation sites (N-methyl/N-ethyl adjacent to an activating group) is 1. The molecule has 0 saturated heterocycles. The highest BCUT2D eigenvalue weighted by molar-refractivity contribution is 5.48. The predicted molar refractivity (Wildman–Crippen MR) is 89.0 cm³/mol. The average Bonchev–Trinajstić information content (AvgIpc) is 2.54. The van der Waals surface area contributed by atoms with Crippen LogP contribution in [0.1, 0.15) is 12.0 Å². The number of methoxy groups -OCH3 is 1. The molecule has 1 atom stereocenters. The van der Waals surface area contributed by atoms with Crippen molar-refractivity contribution in [1.82, 2.24) is 0 Å². The fourth-order valence-corrected chi connectivity index (χ4v) is 2.38. The van der Waals surface area contributed by atoms with Crippen LogP contribution >= 0.6 is 0 Å². The molecule has 2 aromatic rings. The van der Waals surface area contributed by atoms with Gasteiger partial charge in [-0.15, -0.1) is 0 Å². The van der Waals surface area contributed by atoms with Crippen LogP contribution in [0.4, 0.5) is 5.69 Å². The number of anilines is 1. The van der Waals surface area contributed by atoms with Crippen molar-refractivity contribution < 1.29 is 4.74 Å². The Morgan fingerprint density at radius 1 is 1.05 bits per heavy atom. The van der Waals surface area contributed by atoms with E-state index in [0.29, 0.717) is 0 Å². The van der Waals surface area contributed by atoms with Gasteiger partial charge in [-0.05, 0) is 42.7 Å². The summed E-state index contributed by atoms with van der Waals surface area (Å²) in [5, 5.41) is 0. The molecule has 0 heterocycles. The van der Waals surface area contributed by atoms with Gasteiger partial charge in [0, 0.05) is 25.3 Å². The summed E-state index contributed by atoms with van der Waals surface area (Å²) in [7, 11) is 3.75. The highest BCUT2D eigenvalue weighted by atomic mass is 16.5. The number of hydrogen-bond donors (Lipinski definition) is 1. The van der Waals surface area contributed by atoms with Crippen molar-refractivity contribution >= 4 is 5.69 Å². The molecule has 3 heteroatoms. The predicted octanol–water partition coefficient (Wildman–Crippen LogP) is 3.09. The first-order chi connectivity index (χ1) is 10.2. The molecule has 21 heavy (non-hydrogen) atoms. The summed E-state index contributed by atoms with van der Waals surface area (Å²) in [5.41, 5.74) is 8.76. The molecule has 0 bridgehead atoms. The first-order valence-electron chi connectivity index (χ1n) is 7.33. The van der Waals surface area contributed by atoms with Gasteiger partial charge >= 0.3 is 0 Å². The molecule has 2 rings (SSSR count). The van der Waals surface area contributed by atoms with Crippen LogP contribution in [0.15, 0.2) is 54.6 Å². The van der Waals surface area contributed by atoms with Crippen LogP contribution in [0.2, 0.25) is 0 Å². The Hall–Kier alpha value is -2.00. The third-order valence-corrected chi connectivity index (χ3v) is 3.67. The van der Waals surface area contributed by atoms with Crippen LogP contribution < -0.4 is 15.4 Å². The number of aryl methyl sites for hydroxylation is 1. The number of hydrogen-bond acceptors (Lipinski definition) is 3. The molecule has 0 fully saturated rings. The van der Waals surface area contributed by atoms with Gasteiger partial charge in [0.25, 0.3) is 0 Å². The highest BCUT2D eigenvalue weighted by Gasteiger charge is 2.08. The summed E-state index contributed by atoms with van der Waals surface area (Å²) >= 11 is 0. The lowest BCUT2D eigenvalue weighted by Gasteiger charge is -2.23. The molecule has 0 radical (unpaired) electrons. The van der Waals surface area contributed by atoms with E-state index in [1.807, 2.05) is 18.2 Å². The number of nitrogens with zero attached hydrogens (tertiary/aromatic N) is 1. The van der Waals surface area contributed by atoms with E-state index in [0.717, 1.165) is 30.8 Å². The van der Waals surface area contributed by atoms with Crippen LogP contribution in [0.25, 0.3) is 0 Å². The smallest absolute Gasteiger partial charge is 0.119 e. The van der Waals surface area contributed by atoms with Crippen molar-refractivity contribution in [2.45, 2.75) is 18.9 Å². The molecular formula is C18H24N2O. The van der Waals surface area contributed by atoms with Gasteiger partial charge in [-0.2, -0.15) is 0 Å². The molecule has 0 amide bonds. The highest BCUT2D eigenvalue weighted by Crippen LogP contribution is 2.18. The van der Waals surface area contributed by atoms with E-state index in [9.17, 15) is 0 Å². The van der Waals surface area contributed by atoms with Crippen LogP contribution in [0.3, 0.4) is 0 Å². The second kappa shape index (κ2) is 7.70. The maximum absolute atomic E-state index is 6.25. The lowest BCUT2D eigenvalue weighted by molar-refractivity contribution is 0.415. The number of rotatable bonds is 7. The number of benzene rings is 2. The minimum Gasteiger partial charge on any atom is -0.497 e. The fourth-order valence-electron chi connectivity index (χ4n) is 2.38. The number of ether oxygens (including phenoxy) is 1. The Morgan fingerprint density at radius 3 is 2.33 bits per heavy atom. The van der Waals surface area contributed by atoms with E-state index in [1.165, 1.54) is 5.56 Å². The summed E-state index contributed by atoms with van der Waals surface area (Å²) in [4.78, 5) is 2.19. The zero-order valence-electron chi connectivity index (χ0n) is 12.8. The number of nitrogens with two attached hydrogens (primary N) is 1. The zero-order valence-corrected chi connectivity index (χ0v) is 12.8. The Bertz CT molecular complexity index is 525. The third kappa shape index (κ3) is 4.80. The monoisotopic (exact) mass is 284 g/mol. The second-order valence-corrected chi connectivity index (χ2v) is 5.36. The topological polar surface area (TPSA) is 38.5 Å². The van der Waals surface area contributed by atoms with Gasteiger partial charge in [0.05, 0.1) is 7.11 Å². The average molecular weight is 284 g/mol. The molecule has 1 unspecified atom stereocenters. The molecule has 0 aliphatic heterocycles. The third-order valence-electron chi connectivity index (χ3n) is 3.67. The maximum atomic E-state index is 6.25. The quantitative estimate of drug-likeness (QED) is 0.849. The minimum atomic E-state index is 0.164. The van der Waals surface area contributed by atoms with Gasteiger partial charge in [-0.1, -0.05) is 30.3 Å². The molecule has 3 nitrogen and oxygen atoms in total. The minimum absolute atomic E-state index is 0.164. The first kappa shape index (κ1) is 15.4. The normalized spacial score (nSPS) is 12.0. The standard InChI is InChI=1S/C18H24N2O/c1-20(17-10-12-18(21-2)13-11-17)14-16(19)9-8-15-6-4-3-5-7-15/h3-7,10-13,16H,8-9,14,19H2,1-2H3. The van der Waals surface area contributed by atoms with Crippen molar-refractivity contribution in [1.29, 1.82) is 0 Å². The summed E-state index contributed by atoms with van der Waals surface area (Å²) in [6.45, 7) is 0.846. The molecule has 0 aliphatic rings. The lowest BCUT2D eigenvalue weighted by Crippen LogP contribution is -2.35. The van der Waals surface area contributed by atoms with E-state index in [1.54, 1.807) is 7.11 Å². The maximum Gasteiger partial charge on any atom is 0.119 e. The van der Waals surface area contributed by atoms with Gasteiger partial charge in [0.15, 0.2) is 0 Å². The summed E-state index contributed by atoms with van der Waals surface area (Å²) in [5.74, 6) is 0.875.